The normalized spacial score (nSPS) is 12.2. The van der Waals surface area contributed by atoms with Crippen molar-refractivity contribution in [1.29, 1.82) is 0 Å². The highest BCUT2D eigenvalue weighted by atomic mass is 32.2. The summed E-state index contributed by atoms with van der Waals surface area (Å²) in [5.74, 6) is -4.35. The zero-order valence-corrected chi connectivity index (χ0v) is 10.7. The van der Waals surface area contributed by atoms with E-state index in [-0.39, 0.29) is 22.4 Å². The summed E-state index contributed by atoms with van der Waals surface area (Å²) < 4.78 is 29.8. The molecule has 0 aliphatic carbocycles. The second kappa shape index (κ2) is 5.10. The SMILES string of the molecule is Cc1noc(C)c1S(=O)(=O)NC(=O)/C(O)=C/C(=O)O. The minimum Gasteiger partial charge on any atom is -0.503 e. The summed E-state index contributed by atoms with van der Waals surface area (Å²) in [6, 6.07) is 0. The van der Waals surface area contributed by atoms with Gasteiger partial charge in [0, 0.05) is 0 Å². The Morgan fingerprint density at radius 2 is 1.89 bits per heavy atom. The Hall–Kier alpha value is -2.36. The molecule has 3 N–H and O–H groups in total. The van der Waals surface area contributed by atoms with Gasteiger partial charge in [0.1, 0.15) is 5.69 Å². The summed E-state index contributed by atoms with van der Waals surface area (Å²) in [5.41, 5.74) is 0.0273. The van der Waals surface area contributed by atoms with Gasteiger partial charge in [-0.3, -0.25) is 4.79 Å². The zero-order valence-electron chi connectivity index (χ0n) is 9.87. The van der Waals surface area contributed by atoms with Crippen molar-refractivity contribution in [3.63, 3.8) is 0 Å². The van der Waals surface area contributed by atoms with E-state index in [1.54, 1.807) is 0 Å². The first-order valence-corrected chi connectivity index (χ1v) is 6.27. The van der Waals surface area contributed by atoms with Crippen LogP contribution in [0.15, 0.2) is 21.3 Å². The second-order valence-electron chi connectivity index (χ2n) is 3.46. The van der Waals surface area contributed by atoms with E-state index in [1.165, 1.54) is 18.6 Å². The van der Waals surface area contributed by atoms with Gasteiger partial charge in [0.2, 0.25) is 0 Å². The number of carboxylic acid groups (broad SMARTS) is 1. The third-order valence-corrected chi connectivity index (χ3v) is 3.53. The molecule has 0 unspecified atom stereocenters. The monoisotopic (exact) mass is 290 g/mol. The van der Waals surface area contributed by atoms with E-state index in [4.69, 9.17) is 10.2 Å². The van der Waals surface area contributed by atoms with E-state index >= 15 is 0 Å². The molecule has 0 saturated heterocycles. The third kappa shape index (κ3) is 3.31. The van der Waals surface area contributed by atoms with E-state index in [2.05, 4.69) is 9.68 Å². The number of amides is 1. The van der Waals surface area contributed by atoms with Gasteiger partial charge in [0.15, 0.2) is 16.4 Å². The molecule has 0 radical (unpaired) electrons. The molecule has 0 bridgehead atoms. The first-order chi connectivity index (χ1) is 8.65. The topological polar surface area (TPSA) is 147 Å². The Labute approximate surface area is 107 Å². The molecule has 1 aromatic rings. The highest BCUT2D eigenvalue weighted by Gasteiger charge is 2.27. The summed E-state index contributed by atoms with van der Waals surface area (Å²) in [5, 5.41) is 20.8. The number of hydrogen-bond acceptors (Lipinski definition) is 7. The number of aryl methyl sites for hydroxylation is 2. The first-order valence-electron chi connectivity index (χ1n) is 4.78. The van der Waals surface area contributed by atoms with Gasteiger partial charge in [-0.2, -0.15) is 0 Å². The third-order valence-electron chi connectivity index (χ3n) is 1.96. The quantitative estimate of drug-likeness (QED) is 0.502. The molecule has 0 aromatic carbocycles. The van der Waals surface area contributed by atoms with Gasteiger partial charge in [-0.25, -0.2) is 17.9 Å². The van der Waals surface area contributed by atoms with Crippen molar-refractivity contribution in [1.82, 2.24) is 9.88 Å². The molecule has 0 spiro atoms. The predicted octanol–water partition coefficient (Wildman–Crippen LogP) is -0.377. The molecular weight excluding hydrogens is 280 g/mol. The van der Waals surface area contributed by atoms with Crippen LogP contribution in [0.1, 0.15) is 11.5 Å². The number of nitrogens with one attached hydrogen (secondary N) is 1. The summed E-state index contributed by atoms with van der Waals surface area (Å²) in [6.07, 6.45) is 0.165. The lowest BCUT2D eigenvalue weighted by atomic mass is 10.4. The maximum absolute atomic E-state index is 11.8. The molecule has 0 aliphatic heterocycles. The van der Waals surface area contributed by atoms with Gasteiger partial charge in [-0.15, -0.1) is 0 Å². The number of hydrogen-bond donors (Lipinski definition) is 3. The molecule has 1 amide bonds. The fourth-order valence-corrected chi connectivity index (χ4v) is 2.56. The van der Waals surface area contributed by atoms with Crippen LogP contribution in [0.4, 0.5) is 0 Å². The summed E-state index contributed by atoms with van der Waals surface area (Å²) in [7, 11) is -4.31. The molecule has 0 aliphatic rings. The van der Waals surface area contributed by atoms with Crippen LogP contribution >= 0.6 is 0 Å². The first kappa shape index (κ1) is 14.7. The standard InChI is InChI=1S/C9H10N2O7S/c1-4-8(5(2)18-10-4)19(16,17)11-9(15)6(12)3-7(13)14/h3,12H,1-2H3,(H,11,15)(H,13,14)/b6-3-. The van der Waals surface area contributed by atoms with E-state index in [9.17, 15) is 18.0 Å². The van der Waals surface area contributed by atoms with E-state index < -0.39 is 27.7 Å². The number of nitrogens with zero attached hydrogens (tertiary/aromatic N) is 1. The summed E-state index contributed by atoms with van der Waals surface area (Å²) in [4.78, 5) is 21.2. The Morgan fingerprint density at radius 1 is 1.32 bits per heavy atom. The fraction of sp³-hybridized carbons (Fsp3) is 0.222. The number of rotatable bonds is 4. The molecule has 0 saturated carbocycles. The number of aliphatic hydroxyl groups is 1. The minimum atomic E-state index is -4.31. The minimum absolute atomic E-state index is 0.0273. The highest BCUT2D eigenvalue weighted by molar-refractivity contribution is 7.90. The number of carbonyl (C=O) groups is 2. The molecule has 0 atom stereocenters. The van der Waals surface area contributed by atoms with Crippen LogP contribution in [0, 0.1) is 13.8 Å². The summed E-state index contributed by atoms with van der Waals surface area (Å²) in [6.45, 7) is 2.68. The Morgan fingerprint density at radius 3 is 2.32 bits per heavy atom. The van der Waals surface area contributed by atoms with E-state index in [0.29, 0.717) is 0 Å². The summed E-state index contributed by atoms with van der Waals surface area (Å²) >= 11 is 0. The largest absolute Gasteiger partial charge is 0.503 e. The van der Waals surface area contributed by atoms with Gasteiger partial charge >= 0.3 is 5.97 Å². The van der Waals surface area contributed by atoms with Crippen LogP contribution in [0.25, 0.3) is 0 Å². The molecule has 9 nitrogen and oxygen atoms in total. The molecular formula is C9H10N2O7S. The molecule has 0 fully saturated rings. The maximum Gasteiger partial charge on any atom is 0.332 e. The van der Waals surface area contributed by atoms with Crippen LogP contribution < -0.4 is 4.72 Å². The number of aromatic nitrogens is 1. The van der Waals surface area contributed by atoms with Gasteiger partial charge in [0.05, 0.1) is 6.08 Å². The average molecular weight is 290 g/mol. The second-order valence-corrected chi connectivity index (χ2v) is 5.07. The van der Waals surface area contributed by atoms with Gasteiger partial charge in [-0.1, -0.05) is 5.16 Å². The lowest BCUT2D eigenvalue weighted by Crippen LogP contribution is -2.32. The molecule has 19 heavy (non-hydrogen) atoms. The van der Waals surface area contributed by atoms with Gasteiger partial charge in [0.25, 0.3) is 15.9 Å². The van der Waals surface area contributed by atoms with Crippen LogP contribution in [0.2, 0.25) is 0 Å². The van der Waals surface area contributed by atoms with Crippen molar-refractivity contribution in [2.75, 3.05) is 0 Å². The molecule has 1 heterocycles. The van der Waals surface area contributed by atoms with Crippen molar-refractivity contribution in [3.05, 3.63) is 23.3 Å². The number of sulfonamides is 1. The number of aliphatic carboxylic acids is 1. The average Bonchev–Trinajstić information content (AvgIpc) is 2.57. The fourth-order valence-electron chi connectivity index (χ4n) is 1.27. The van der Waals surface area contributed by atoms with Crippen molar-refractivity contribution in [2.24, 2.45) is 0 Å². The highest BCUT2D eigenvalue weighted by Crippen LogP contribution is 2.18. The molecule has 104 valence electrons. The van der Waals surface area contributed by atoms with E-state index in [1.807, 2.05) is 0 Å². The number of carboxylic acids is 1. The van der Waals surface area contributed by atoms with Gasteiger partial charge < -0.3 is 14.7 Å². The van der Waals surface area contributed by atoms with Gasteiger partial charge in [-0.05, 0) is 13.8 Å². The molecule has 1 aromatic heterocycles. The van der Waals surface area contributed by atoms with Crippen LogP contribution in [0.5, 0.6) is 0 Å². The van der Waals surface area contributed by atoms with Crippen LogP contribution in [-0.2, 0) is 19.6 Å². The van der Waals surface area contributed by atoms with Crippen LogP contribution in [-0.4, -0.2) is 35.7 Å². The Bertz CT molecular complexity index is 637. The predicted molar refractivity (Wildman–Crippen MR) is 59.7 cm³/mol. The Kier molecular flexibility index (Phi) is 3.95. The van der Waals surface area contributed by atoms with Crippen LogP contribution in [0.3, 0.4) is 0 Å². The van der Waals surface area contributed by atoms with Crippen molar-refractivity contribution in [2.45, 2.75) is 18.7 Å². The Balaban J connectivity index is 3.06. The molecule has 10 heteroatoms. The lowest BCUT2D eigenvalue weighted by Gasteiger charge is -2.05. The number of aliphatic hydroxyl groups excluding tert-OH is 1. The van der Waals surface area contributed by atoms with Crippen molar-refractivity contribution in [3.8, 4) is 0 Å². The molecule has 1 rings (SSSR count). The maximum atomic E-state index is 11.8. The van der Waals surface area contributed by atoms with Crippen molar-refractivity contribution < 1.29 is 32.7 Å². The zero-order chi connectivity index (χ0) is 14.8. The van der Waals surface area contributed by atoms with E-state index in [0.717, 1.165) is 0 Å². The van der Waals surface area contributed by atoms with Crippen molar-refractivity contribution >= 4 is 21.9 Å². The smallest absolute Gasteiger partial charge is 0.332 e. The number of carbonyl (C=O) groups excluding carboxylic acids is 1. The lowest BCUT2D eigenvalue weighted by molar-refractivity contribution is -0.132.